The second kappa shape index (κ2) is 6.22. The summed E-state index contributed by atoms with van der Waals surface area (Å²) in [4.78, 5) is 4.37. The Balaban J connectivity index is 2.00. The van der Waals surface area contributed by atoms with Gasteiger partial charge in [-0.2, -0.15) is 0 Å². The third kappa shape index (κ3) is 3.37. The van der Waals surface area contributed by atoms with Crippen LogP contribution in [0.15, 0.2) is 17.5 Å². The van der Waals surface area contributed by atoms with E-state index in [0.29, 0.717) is 28.2 Å². The Morgan fingerprint density at radius 2 is 1.89 bits per heavy atom. The first kappa shape index (κ1) is 14.1. The maximum absolute atomic E-state index is 6.11. The minimum absolute atomic E-state index is 0.506. The third-order valence-electron chi connectivity index (χ3n) is 2.38. The van der Waals surface area contributed by atoms with Crippen LogP contribution in [0.2, 0.25) is 15.1 Å². The Labute approximate surface area is 125 Å². The van der Waals surface area contributed by atoms with Crippen LogP contribution in [-0.4, -0.2) is 4.98 Å². The van der Waals surface area contributed by atoms with Gasteiger partial charge < -0.3 is 5.32 Å². The summed E-state index contributed by atoms with van der Waals surface area (Å²) in [5.74, 6) is 0. The first-order chi connectivity index (χ1) is 8.58. The summed E-state index contributed by atoms with van der Waals surface area (Å²) in [7, 11) is 0. The molecule has 0 fully saturated rings. The second-order valence-corrected chi connectivity index (χ2v) is 5.94. The number of hydrogen-bond acceptors (Lipinski definition) is 3. The van der Waals surface area contributed by atoms with Crippen molar-refractivity contribution in [2.45, 2.75) is 20.0 Å². The topological polar surface area (TPSA) is 24.9 Å². The maximum atomic E-state index is 6.11. The van der Waals surface area contributed by atoms with E-state index in [2.05, 4.69) is 10.3 Å². The van der Waals surface area contributed by atoms with Crippen molar-refractivity contribution < 1.29 is 0 Å². The first-order valence-corrected chi connectivity index (χ1v) is 7.33. The molecule has 0 aliphatic carbocycles. The van der Waals surface area contributed by atoms with E-state index < -0.39 is 0 Å². The molecule has 0 unspecified atom stereocenters. The largest absolute Gasteiger partial charge is 0.306 e. The molecule has 0 amide bonds. The molecule has 18 heavy (non-hydrogen) atoms. The molecule has 1 heterocycles. The van der Waals surface area contributed by atoms with Crippen LogP contribution in [0, 0.1) is 6.92 Å². The lowest BCUT2D eigenvalue weighted by atomic mass is 10.2. The fraction of sp³-hybridized carbons (Fsp3) is 0.250. The highest BCUT2D eigenvalue weighted by Gasteiger charge is 2.09. The van der Waals surface area contributed by atoms with Gasteiger partial charge in [0.15, 0.2) is 0 Å². The summed E-state index contributed by atoms with van der Waals surface area (Å²) in [6, 6.07) is 3.44. The van der Waals surface area contributed by atoms with Crippen molar-refractivity contribution in [2.24, 2.45) is 0 Å². The van der Waals surface area contributed by atoms with Gasteiger partial charge in [0.05, 0.1) is 10.0 Å². The van der Waals surface area contributed by atoms with E-state index in [1.165, 1.54) is 0 Å². The number of hydrogen-bond donors (Lipinski definition) is 1. The van der Waals surface area contributed by atoms with Gasteiger partial charge in [-0.3, -0.25) is 0 Å². The zero-order chi connectivity index (χ0) is 13.1. The Morgan fingerprint density at radius 1 is 1.17 bits per heavy atom. The maximum Gasteiger partial charge on any atom is 0.107 e. The number of thiazole rings is 1. The Kier molecular flexibility index (Phi) is 4.87. The summed E-state index contributed by atoms with van der Waals surface area (Å²) in [5, 5.41) is 7.97. The van der Waals surface area contributed by atoms with Crippen LogP contribution in [0.3, 0.4) is 0 Å². The van der Waals surface area contributed by atoms with E-state index in [4.69, 9.17) is 34.8 Å². The molecule has 0 atom stereocenters. The number of aromatic nitrogens is 1. The molecule has 1 aromatic carbocycles. The highest BCUT2D eigenvalue weighted by atomic mass is 35.5. The molecule has 0 bridgehead atoms. The first-order valence-electron chi connectivity index (χ1n) is 5.32. The molecule has 0 saturated carbocycles. The smallest absolute Gasteiger partial charge is 0.107 e. The summed E-state index contributed by atoms with van der Waals surface area (Å²) >= 11 is 19.8. The summed E-state index contributed by atoms with van der Waals surface area (Å²) < 4.78 is 0. The van der Waals surface area contributed by atoms with E-state index in [0.717, 1.165) is 16.3 Å². The van der Waals surface area contributed by atoms with Crippen LogP contribution in [0.5, 0.6) is 0 Å². The lowest BCUT2D eigenvalue weighted by molar-refractivity contribution is 0.689. The van der Waals surface area contributed by atoms with Crippen molar-refractivity contribution in [1.29, 1.82) is 0 Å². The minimum Gasteiger partial charge on any atom is -0.306 e. The molecule has 0 spiro atoms. The molecule has 0 aliphatic rings. The van der Waals surface area contributed by atoms with Gasteiger partial charge in [0.2, 0.25) is 0 Å². The van der Waals surface area contributed by atoms with E-state index in [1.54, 1.807) is 23.5 Å². The molecule has 0 saturated heterocycles. The van der Waals surface area contributed by atoms with Gasteiger partial charge >= 0.3 is 0 Å². The quantitative estimate of drug-likeness (QED) is 0.826. The van der Waals surface area contributed by atoms with E-state index in [1.807, 2.05) is 12.3 Å². The molecule has 6 heteroatoms. The number of nitrogens with zero attached hydrogens (tertiary/aromatic N) is 1. The number of aryl methyl sites for hydroxylation is 1. The molecule has 2 aromatic rings. The Bertz CT molecular complexity index is 554. The van der Waals surface area contributed by atoms with Crippen LogP contribution in [0.25, 0.3) is 0 Å². The number of halogens is 3. The average Bonchev–Trinajstić information content (AvgIpc) is 2.74. The van der Waals surface area contributed by atoms with E-state index >= 15 is 0 Å². The fourth-order valence-electron chi connectivity index (χ4n) is 1.51. The summed E-state index contributed by atoms with van der Waals surface area (Å²) in [5.41, 5.74) is 1.86. The molecule has 1 aromatic heterocycles. The SMILES string of the molecule is Cc1csc(CNCc2c(Cl)ccc(Cl)c2Cl)n1. The predicted octanol–water partition coefficient (Wildman–Crippen LogP) is 4.70. The van der Waals surface area contributed by atoms with Gasteiger partial charge in [0, 0.05) is 34.7 Å². The van der Waals surface area contributed by atoms with Crippen LogP contribution in [-0.2, 0) is 13.1 Å². The summed E-state index contributed by atoms with van der Waals surface area (Å²) in [6.07, 6.45) is 0. The van der Waals surface area contributed by atoms with Crippen LogP contribution < -0.4 is 5.32 Å². The van der Waals surface area contributed by atoms with Crippen molar-refractivity contribution in [3.63, 3.8) is 0 Å². The second-order valence-electron chi connectivity index (χ2n) is 3.81. The van der Waals surface area contributed by atoms with Gasteiger partial charge in [-0.1, -0.05) is 34.8 Å². The lowest BCUT2D eigenvalue weighted by Crippen LogP contribution is -2.13. The van der Waals surface area contributed by atoms with E-state index in [-0.39, 0.29) is 0 Å². The number of benzene rings is 1. The molecule has 96 valence electrons. The molecular weight excluding hydrogens is 311 g/mol. The molecule has 0 aliphatic heterocycles. The van der Waals surface area contributed by atoms with Gasteiger partial charge in [-0.05, 0) is 19.1 Å². The van der Waals surface area contributed by atoms with Crippen molar-refractivity contribution >= 4 is 46.1 Å². The normalized spacial score (nSPS) is 10.9. The van der Waals surface area contributed by atoms with Crippen molar-refractivity contribution in [3.8, 4) is 0 Å². The van der Waals surface area contributed by atoms with Crippen molar-refractivity contribution in [2.75, 3.05) is 0 Å². The van der Waals surface area contributed by atoms with Crippen molar-refractivity contribution in [3.05, 3.63) is 48.8 Å². The monoisotopic (exact) mass is 320 g/mol. The van der Waals surface area contributed by atoms with Crippen LogP contribution in [0.1, 0.15) is 16.3 Å². The Morgan fingerprint density at radius 3 is 2.56 bits per heavy atom. The lowest BCUT2D eigenvalue weighted by Gasteiger charge is -2.09. The molecule has 2 rings (SSSR count). The summed E-state index contributed by atoms with van der Waals surface area (Å²) in [6.45, 7) is 3.24. The van der Waals surface area contributed by atoms with Crippen LogP contribution in [0.4, 0.5) is 0 Å². The van der Waals surface area contributed by atoms with Crippen molar-refractivity contribution in [1.82, 2.24) is 10.3 Å². The Hall–Kier alpha value is -0.320. The minimum atomic E-state index is 0.506. The zero-order valence-corrected chi connectivity index (χ0v) is 12.7. The highest BCUT2D eigenvalue weighted by molar-refractivity contribution is 7.09. The van der Waals surface area contributed by atoms with Gasteiger partial charge in [-0.25, -0.2) is 4.98 Å². The predicted molar refractivity (Wildman–Crippen MR) is 78.9 cm³/mol. The van der Waals surface area contributed by atoms with Crippen LogP contribution >= 0.6 is 46.1 Å². The highest BCUT2D eigenvalue weighted by Crippen LogP contribution is 2.31. The zero-order valence-electron chi connectivity index (χ0n) is 9.64. The molecule has 0 radical (unpaired) electrons. The van der Waals surface area contributed by atoms with E-state index in [9.17, 15) is 0 Å². The van der Waals surface area contributed by atoms with Gasteiger partial charge in [0.1, 0.15) is 5.01 Å². The average molecular weight is 322 g/mol. The molecule has 2 nitrogen and oxygen atoms in total. The molecule has 1 N–H and O–H groups in total. The fourth-order valence-corrected chi connectivity index (χ4v) is 2.93. The number of nitrogens with one attached hydrogen (secondary N) is 1. The number of rotatable bonds is 4. The standard InChI is InChI=1S/C12H11Cl3N2S/c1-7-6-18-11(17-7)5-16-4-8-9(13)2-3-10(14)12(8)15/h2-3,6,16H,4-5H2,1H3. The van der Waals surface area contributed by atoms with Gasteiger partial charge in [0.25, 0.3) is 0 Å². The van der Waals surface area contributed by atoms with Gasteiger partial charge in [-0.15, -0.1) is 11.3 Å². The molecular formula is C12H11Cl3N2S. The third-order valence-corrected chi connectivity index (χ3v) is 4.55.